The second kappa shape index (κ2) is 10.1. The summed E-state index contributed by atoms with van der Waals surface area (Å²) in [7, 11) is 0. The summed E-state index contributed by atoms with van der Waals surface area (Å²) in [5, 5.41) is 0. The molecule has 1 unspecified atom stereocenters. The molecule has 0 fully saturated rings. The van der Waals surface area contributed by atoms with E-state index in [9.17, 15) is 22.0 Å². The minimum absolute atomic E-state index is 0.0683. The molecule has 1 atom stereocenters. The van der Waals surface area contributed by atoms with E-state index < -0.39 is 22.4 Å². The van der Waals surface area contributed by atoms with Crippen molar-refractivity contribution < 1.29 is 26.7 Å². The monoisotopic (exact) mass is 416 g/mol. The summed E-state index contributed by atoms with van der Waals surface area (Å²) in [4.78, 5) is 0. The lowest BCUT2D eigenvalue weighted by atomic mass is 10.1. The summed E-state index contributed by atoms with van der Waals surface area (Å²) in [6.45, 7) is 2.48. The van der Waals surface area contributed by atoms with E-state index in [1.807, 2.05) is 0 Å². The highest BCUT2D eigenvalue weighted by molar-refractivity contribution is 14.1. The summed E-state index contributed by atoms with van der Waals surface area (Å²) in [5.41, 5.74) is 0. The average Bonchev–Trinajstić information content (AvgIpc) is 2.30. The molecular formula is C13H22F5IO. The van der Waals surface area contributed by atoms with E-state index in [0.717, 1.165) is 19.3 Å². The summed E-state index contributed by atoms with van der Waals surface area (Å²) in [6.07, 6.45) is -0.236. The van der Waals surface area contributed by atoms with Crippen LogP contribution in [0.5, 0.6) is 0 Å². The van der Waals surface area contributed by atoms with Crippen LogP contribution in [0.1, 0.15) is 51.9 Å². The van der Waals surface area contributed by atoms with Crippen molar-refractivity contribution in [1.82, 2.24) is 0 Å². The van der Waals surface area contributed by atoms with Crippen LogP contribution in [0.2, 0.25) is 0 Å². The number of rotatable bonds is 11. The van der Waals surface area contributed by atoms with Crippen molar-refractivity contribution in [3.05, 3.63) is 0 Å². The Morgan fingerprint density at radius 3 is 2.05 bits per heavy atom. The summed E-state index contributed by atoms with van der Waals surface area (Å²) in [6, 6.07) is 0. The summed E-state index contributed by atoms with van der Waals surface area (Å²) >= 11 is 1.58. The van der Waals surface area contributed by atoms with Crippen LogP contribution in [0.3, 0.4) is 0 Å². The van der Waals surface area contributed by atoms with Gasteiger partial charge in [-0.25, -0.2) is 0 Å². The van der Waals surface area contributed by atoms with Crippen molar-refractivity contribution in [2.45, 2.75) is 67.9 Å². The normalized spacial score (nSPS) is 14.6. The van der Waals surface area contributed by atoms with Gasteiger partial charge in [-0.1, -0.05) is 61.6 Å². The molecule has 0 aliphatic carbocycles. The number of hydrogen-bond acceptors (Lipinski definition) is 1. The van der Waals surface area contributed by atoms with E-state index in [1.165, 1.54) is 19.3 Å². The Bertz CT molecular complexity index is 245. The van der Waals surface area contributed by atoms with Gasteiger partial charge in [0, 0.05) is 17.0 Å². The first kappa shape index (κ1) is 20.3. The van der Waals surface area contributed by atoms with Gasteiger partial charge in [-0.2, -0.15) is 22.0 Å². The predicted octanol–water partition coefficient (Wildman–Crippen LogP) is 5.75. The van der Waals surface area contributed by atoms with Gasteiger partial charge in [0.1, 0.15) is 0 Å². The molecular weight excluding hydrogens is 394 g/mol. The van der Waals surface area contributed by atoms with Crippen molar-refractivity contribution in [2.24, 2.45) is 0 Å². The molecule has 7 heteroatoms. The van der Waals surface area contributed by atoms with Crippen LogP contribution in [0.4, 0.5) is 22.0 Å². The van der Waals surface area contributed by atoms with E-state index in [0.29, 0.717) is 6.61 Å². The van der Waals surface area contributed by atoms with Crippen LogP contribution in [0.25, 0.3) is 0 Å². The molecule has 0 aromatic carbocycles. The van der Waals surface area contributed by atoms with Gasteiger partial charge in [-0.05, 0) is 6.42 Å². The van der Waals surface area contributed by atoms with Crippen LogP contribution in [0, 0.1) is 0 Å². The first-order valence-electron chi connectivity index (χ1n) is 6.87. The fraction of sp³-hybridized carbons (Fsp3) is 1.00. The minimum atomic E-state index is -5.48. The molecule has 0 saturated heterocycles. The highest BCUT2D eigenvalue weighted by Gasteiger charge is 2.57. The number of ether oxygens (including phenoxy) is 1. The predicted molar refractivity (Wildman–Crippen MR) is 77.6 cm³/mol. The Labute approximate surface area is 130 Å². The first-order chi connectivity index (χ1) is 9.20. The van der Waals surface area contributed by atoms with Crippen molar-refractivity contribution in [3.63, 3.8) is 0 Å². The lowest BCUT2D eigenvalue weighted by molar-refractivity contribution is -0.284. The molecule has 0 saturated carbocycles. The zero-order chi connectivity index (χ0) is 15.6. The van der Waals surface area contributed by atoms with Crippen LogP contribution < -0.4 is 0 Å². The van der Waals surface area contributed by atoms with E-state index in [2.05, 4.69) is 6.92 Å². The molecule has 0 aromatic rings. The van der Waals surface area contributed by atoms with E-state index in [-0.39, 0.29) is 6.61 Å². The molecule has 0 rings (SSSR count). The second-order valence-corrected chi connectivity index (χ2v) is 6.61. The Hall–Kier alpha value is 0.340. The fourth-order valence-electron chi connectivity index (χ4n) is 1.65. The van der Waals surface area contributed by atoms with Crippen molar-refractivity contribution in [1.29, 1.82) is 0 Å². The van der Waals surface area contributed by atoms with Gasteiger partial charge in [-0.3, -0.25) is 0 Å². The molecule has 0 aromatic heterocycles. The quantitative estimate of drug-likeness (QED) is 0.180. The van der Waals surface area contributed by atoms with Crippen LogP contribution >= 0.6 is 22.6 Å². The molecule has 0 amide bonds. The molecule has 1 nitrogen and oxygen atoms in total. The highest BCUT2D eigenvalue weighted by Crippen LogP contribution is 2.40. The maximum Gasteiger partial charge on any atom is 0.453 e. The largest absolute Gasteiger partial charge is 0.453 e. The number of unbranched alkanes of at least 4 members (excludes halogenated alkanes) is 5. The van der Waals surface area contributed by atoms with Gasteiger partial charge in [0.2, 0.25) is 0 Å². The Kier molecular flexibility index (Phi) is 10.3. The molecule has 122 valence electrons. The molecule has 0 radical (unpaired) electrons. The SMILES string of the molecule is CCCCCCCCOCC(I)CC(F)(F)C(F)(F)F. The van der Waals surface area contributed by atoms with Gasteiger partial charge in [0.15, 0.2) is 0 Å². The minimum Gasteiger partial charge on any atom is -0.380 e. The van der Waals surface area contributed by atoms with Gasteiger partial charge >= 0.3 is 12.1 Å². The maximum absolute atomic E-state index is 12.7. The Morgan fingerprint density at radius 1 is 0.950 bits per heavy atom. The Morgan fingerprint density at radius 2 is 1.50 bits per heavy atom. The lowest BCUT2D eigenvalue weighted by Gasteiger charge is -2.22. The van der Waals surface area contributed by atoms with Gasteiger partial charge in [0.05, 0.1) is 6.61 Å². The van der Waals surface area contributed by atoms with E-state index >= 15 is 0 Å². The second-order valence-electron chi connectivity index (χ2n) is 4.85. The zero-order valence-electron chi connectivity index (χ0n) is 11.6. The molecule has 20 heavy (non-hydrogen) atoms. The number of alkyl halides is 6. The molecule has 0 bridgehead atoms. The van der Waals surface area contributed by atoms with Crippen LogP contribution in [-0.4, -0.2) is 29.2 Å². The van der Waals surface area contributed by atoms with Crippen molar-refractivity contribution in [3.8, 4) is 0 Å². The molecule has 0 heterocycles. The zero-order valence-corrected chi connectivity index (χ0v) is 13.8. The third-order valence-corrected chi connectivity index (χ3v) is 3.63. The van der Waals surface area contributed by atoms with E-state index in [1.54, 1.807) is 22.6 Å². The smallest absolute Gasteiger partial charge is 0.380 e. The number of halogens is 6. The summed E-state index contributed by atoms with van der Waals surface area (Å²) in [5.74, 6) is -4.64. The molecule has 0 N–H and O–H groups in total. The molecule has 0 aliphatic rings. The topological polar surface area (TPSA) is 9.23 Å². The van der Waals surface area contributed by atoms with Gasteiger partial charge < -0.3 is 4.74 Å². The van der Waals surface area contributed by atoms with Gasteiger partial charge in [-0.15, -0.1) is 0 Å². The standard InChI is InChI=1S/C13H22F5IO/c1-2-3-4-5-6-7-8-20-10-11(19)9-12(14,15)13(16,17)18/h11H,2-10H2,1H3. The van der Waals surface area contributed by atoms with Crippen LogP contribution in [0.15, 0.2) is 0 Å². The Balaban J connectivity index is 3.62. The molecule has 0 spiro atoms. The maximum atomic E-state index is 12.7. The highest BCUT2D eigenvalue weighted by atomic mass is 127. The average molecular weight is 416 g/mol. The van der Waals surface area contributed by atoms with Crippen molar-refractivity contribution >= 4 is 22.6 Å². The summed E-state index contributed by atoms with van der Waals surface area (Å²) < 4.78 is 65.8. The van der Waals surface area contributed by atoms with E-state index in [4.69, 9.17) is 4.74 Å². The van der Waals surface area contributed by atoms with Gasteiger partial charge in [0.25, 0.3) is 0 Å². The fourth-order valence-corrected chi connectivity index (χ4v) is 2.46. The first-order valence-corrected chi connectivity index (χ1v) is 8.11. The molecule has 0 aliphatic heterocycles. The van der Waals surface area contributed by atoms with Crippen molar-refractivity contribution in [2.75, 3.05) is 13.2 Å². The lowest BCUT2D eigenvalue weighted by Crippen LogP contribution is -2.39. The number of hydrogen-bond donors (Lipinski definition) is 0. The third-order valence-electron chi connectivity index (χ3n) is 2.83. The third kappa shape index (κ3) is 9.31. The van der Waals surface area contributed by atoms with Crippen LogP contribution in [-0.2, 0) is 4.74 Å².